The van der Waals surface area contributed by atoms with Crippen LogP contribution in [0, 0.1) is 11.7 Å². The maximum Gasteiger partial charge on any atom is 0.318 e. The molecule has 0 atom stereocenters. The number of allylic oxidation sites excluding steroid dienone is 2. The summed E-state index contributed by atoms with van der Waals surface area (Å²) in [6, 6.07) is 7.25. The van der Waals surface area contributed by atoms with Crippen molar-refractivity contribution in [2.45, 2.75) is 26.2 Å². The Balaban J connectivity index is 1.62. The third kappa shape index (κ3) is 5.03. The zero-order valence-electron chi connectivity index (χ0n) is 16.1. The molecule has 1 saturated heterocycles. The van der Waals surface area contributed by atoms with E-state index in [4.69, 9.17) is 4.42 Å². The summed E-state index contributed by atoms with van der Waals surface area (Å²) in [7, 11) is 1.54. The van der Waals surface area contributed by atoms with Gasteiger partial charge in [-0.2, -0.15) is 5.10 Å². The molecule has 1 amide bonds. The van der Waals surface area contributed by atoms with Crippen LogP contribution in [-0.2, 0) is 11.2 Å². The van der Waals surface area contributed by atoms with Gasteiger partial charge in [-0.25, -0.2) is 9.40 Å². The average Bonchev–Trinajstić information content (AvgIpc) is 3.18. The van der Waals surface area contributed by atoms with Gasteiger partial charge in [0, 0.05) is 20.1 Å². The van der Waals surface area contributed by atoms with Crippen LogP contribution in [-0.4, -0.2) is 47.5 Å². The zero-order chi connectivity index (χ0) is 19.9. The number of halogens is 1. The maximum absolute atomic E-state index is 13.4. The predicted octanol–water partition coefficient (Wildman–Crippen LogP) is 3.04. The number of benzene rings is 1. The monoisotopic (exact) mass is 385 g/mol. The maximum atomic E-state index is 13.4. The first-order valence-electron chi connectivity index (χ1n) is 9.31. The lowest BCUT2D eigenvalue weighted by atomic mass is 9.90. The van der Waals surface area contributed by atoms with Crippen molar-refractivity contribution in [2.75, 3.05) is 25.0 Å². The van der Waals surface area contributed by atoms with Gasteiger partial charge in [-0.05, 0) is 55.9 Å². The number of hydrogen-bond acceptors (Lipinski definition) is 6. The van der Waals surface area contributed by atoms with E-state index in [9.17, 15) is 9.18 Å². The highest BCUT2D eigenvalue weighted by molar-refractivity contribution is 6.05. The van der Waals surface area contributed by atoms with Crippen molar-refractivity contribution in [3.8, 4) is 0 Å². The molecule has 2 aromatic rings. The normalized spacial score (nSPS) is 16.0. The molecule has 7 nitrogen and oxygen atoms in total. The summed E-state index contributed by atoms with van der Waals surface area (Å²) in [5, 5.41) is 13.5. The molecule has 0 saturated carbocycles. The van der Waals surface area contributed by atoms with Gasteiger partial charge in [-0.1, -0.05) is 23.3 Å². The number of aromatic nitrogens is 2. The Bertz CT molecular complexity index is 856. The van der Waals surface area contributed by atoms with Crippen molar-refractivity contribution < 1.29 is 13.6 Å². The first-order valence-corrected chi connectivity index (χ1v) is 9.31. The van der Waals surface area contributed by atoms with Crippen molar-refractivity contribution in [1.29, 1.82) is 0 Å². The van der Waals surface area contributed by atoms with Crippen molar-refractivity contribution in [2.24, 2.45) is 11.0 Å². The van der Waals surface area contributed by atoms with Crippen molar-refractivity contribution >= 4 is 18.1 Å². The second kappa shape index (κ2) is 9.25. The number of rotatable bonds is 7. The molecule has 28 heavy (non-hydrogen) atoms. The molecule has 2 heterocycles. The van der Waals surface area contributed by atoms with E-state index in [1.807, 2.05) is 13.0 Å². The minimum atomic E-state index is -0.188. The van der Waals surface area contributed by atoms with E-state index in [1.165, 1.54) is 13.1 Å². The summed E-state index contributed by atoms with van der Waals surface area (Å²) in [5.41, 5.74) is 1.46. The largest absolute Gasteiger partial charge is 0.401 e. The van der Waals surface area contributed by atoms with Gasteiger partial charge >= 0.3 is 6.01 Å². The number of amides is 1. The lowest BCUT2D eigenvalue weighted by Gasteiger charge is -2.30. The van der Waals surface area contributed by atoms with Gasteiger partial charge in [0.15, 0.2) is 0 Å². The molecule has 1 aromatic carbocycles. The molecule has 1 aliphatic rings. The predicted molar refractivity (Wildman–Crippen MR) is 105 cm³/mol. The summed E-state index contributed by atoms with van der Waals surface area (Å²) in [5.74, 6) is 0.581. The Kier molecular flexibility index (Phi) is 6.52. The molecule has 1 aliphatic heterocycles. The molecule has 0 aliphatic carbocycles. The van der Waals surface area contributed by atoms with E-state index in [1.54, 1.807) is 24.3 Å². The number of hydrogen-bond donors (Lipinski definition) is 0. The SMILES string of the molecule is C/C=C\C(=N/N(C)C=O)c1nnc(N2CCC(Cc3cccc(F)c3)CC2)o1. The number of anilines is 1. The zero-order valence-corrected chi connectivity index (χ0v) is 16.1. The minimum absolute atomic E-state index is 0.188. The highest BCUT2D eigenvalue weighted by atomic mass is 19.1. The Morgan fingerprint density at radius 3 is 2.86 bits per heavy atom. The highest BCUT2D eigenvalue weighted by Crippen LogP contribution is 2.25. The van der Waals surface area contributed by atoms with Crippen LogP contribution in [0.5, 0.6) is 0 Å². The third-order valence-corrected chi connectivity index (χ3v) is 4.67. The first-order chi connectivity index (χ1) is 13.6. The standard InChI is InChI=1S/C20H24FN5O2/c1-3-5-18(24-25(2)14-27)19-22-23-20(28-19)26-10-8-15(9-11-26)12-16-6-4-7-17(21)13-16/h3-7,13-15H,8-12H2,1-2H3/b5-3-,24-18+. The van der Waals surface area contributed by atoms with Crippen LogP contribution in [0.2, 0.25) is 0 Å². The molecule has 3 rings (SSSR count). The van der Waals surface area contributed by atoms with Gasteiger partial charge in [-0.15, -0.1) is 5.10 Å². The Hall–Kier alpha value is -3.03. The smallest absolute Gasteiger partial charge is 0.318 e. The third-order valence-electron chi connectivity index (χ3n) is 4.67. The summed E-state index contributed by atoms with van der Waals surface area (Å²) in [4.78, 5) is 12.9. The number of carbonyl (C=O) groups excluding carboxylic acids is 1. The van der Waals surface area contributed by atoms with E-state index in [0.29, 0.717) is 24.1 Å². The van der Waals surface area contributed by atoms with Crippen molar-refractivity contribution in [3.05, 3.63) is 53.7 Å². The first kappa shape index (κ1) is 19.7. The molecule has 0 spiro atoms. The quantitative estimate of drug-likeness (QED) is 0.416. The molecule has 0 radical (unpaired) electrons. The van der Waals surface area contributed by atoms with Crippen LogP contribution in [0.25, 0.3) is 0 Å². The topological polar surface area (TPSA) is 74.8 Å². The Labute approximate surface area is 163 Å². The van der Waals surface area contributed by atoms with Crippen LogP contribution < -0.4 is 4.90 Å². The van der Waals surface area contributed by atoms with E-state index < -0.39 is 0 Å². The molecule has 1 fully saturated rings. The van der Waals surface area contributed by atoms with Crippen LogP contribution in [0.3, 0.4) is 0 Å². The van der Waals surface area contributed by atoms with Gasteiger partial charge in [0.25, 0.3) is 5.89 Å². The molecule has 1 aromatic heterocycles. The van der Waals surface area contributed by atoms with Gasteiger partial charge in [-0.3, -0.25) is 4.79 Å². The van der Waals surface area contributed by atoms with Gasteiger partial charge in [0.2, 0.25) is 6.41 Å². The lowest BCUT2D eigenvalue weighted by Crippen LogP contribution is -2.34. The Morgan fingerprint density at radius 1 is 1.39 bits per heavy atom. The number of piperidine rings is 1. The van der Waals surface area contributed by atoms with E-state index >= 15 is 0 Å². The van der Waals surface area contributed by atoms with Crippen molar-refractivity contribution in [1.82, 2.24) is 15.2 Å². The molecular weight excluding hydrogens is 361 g/mol. The molecule has 8 heteroatoms. The molecule has 0 bridgehead atoms. The van der Waals surface area contributed by atoms with Crippen LogP contribution in [0.15, 0.2) is 45.9 Å². The summed E-state index contributed by atoms with van der Waals surface area (Å²) < 4.78 is 19.1. The van der Waals surface area contributed by atoms with Crippen LogP contribution in [0.4, 0.5) is 10.4 Å². The lowest BCUT2D eigenvalue weighted by molar-refractivity contribution is -0.117. The number of nitrogens with zero attached hydrogens (tertiary/aromatic N) is 5. The van der Waals surface area contributed by atoms with Gasteiger partial charge in [0.05, 0.1) is 0 Å². The van der Waals surface area contributed by atoms with Crippen molar-refractivity contribution in [3.63, 3.8) is 0 Å². The fourth-order valence-electron chi connectivity index (χ4n) is 3.27. The molecule has 0 N–H and O–H groups in total. The molecular formula is C20H24FN5O2. The fraction of sp³-hybridized carbons (Fsp3) is 0.400. The van der Waals surface area contributed by atoms with Gasteiger partial charge in [0.1, 0.15) is 11.5 Å². The number of hydrazone groups is 1. The summed E-state index contributed by atoms with van der Waals surface area (Å²) in [6.45, 7) is 3.44. The average molecular weight is 385 g/mol. The highest BCUT2D eigenvalue weighted by Gasteiger charge is 2.24. The second-order valence-electron chi connectivity index (χ2n) is 6.82. The van der Waals surface area contributed by atoms with Crippen LogP contribution >= 0.6 is 0 Å². The fourth-order valence-corrected chi connectivity index (χ4v) is 3.27. The van der Waals surface area contributed by atoms with E-state index in [-0.39, 0.29) is 11.7 Å². The molecule has 148 valence electrons. The van der Waals surface area contributed by atoms with E-state index in [2.05, 4.69) is 20.2 Å². The second-order valence-corrected chi connectivity index (χ2v) is 6.82. The molecule has 0 unspecified atom stereocenters. The summed E-state index contributed by atoms with van der Waals surface area (Å²) >= 11 is 0. The van der Waals surface area contributed by atoms with Gasteiger partial charge < -0.3 is 9.32 Å². The summed E-state index contributed by atoms with van der Waals surface area (Å²) in [6.07, 6.45) is 6.92. The number of carbonyl (C=O) groups is 1. The minimum Gasteiger partial charge on any atom is -0.401 e. The van der Waals surface area contributed by atoms with E-state index in [0.717, 1.165) is 42.9 Å². The Morgan fingerprint density at radius 2 is 2.18 bits per heavy atom. The van der Waals surface area contributed by atoms with Crippen LogP contribution in [0.1, 0.15) is 31.2 Å².